The van der Waals surface area contributed by atoms with Crippen molar-refractivity contribution >= 4 is 54.6 Å². The molecule has 6 aliphatic carbocycles. The Bertz CT molecular complexity index is 3070. The minimum atomic E-state index is 0.285. The predicted octanol–water partition coefficient (Wildman–Crippen LogP) is 13.0. The first kappa shape index (κ1) is 32.2. The van der Waals surface area contributed by atoms with Gasteiger partial charge in [-0.3, -0.25) is 0 Å². The molecule has 1 heterocycles. The average molecular weight is 733 g/mol. The molecule has 8 aromatic rings. The van der Waals surface area contributed by atoms with E-state index in [0.29, 0.717) is 11.8 Å². The molecule has 0 N–H and O–H groups in total. The van der Waals surface area contributed by atoms with E-state index in [1.807, 2.05) is 0 Å². The summed E-state index contributed by atoms with van der Waals surface area (Å²) in [6.45, 7) is 0. The maximum absolute atomic E-state index is 7.16. The lowest BCUT2D eigenvalue weighted by molar-refractivity contribution is -0.0148. The highest BCUT2D eigenvalue weighted by molar-refractivity contribution is 6.22. The van der Waals surface area contributed by atoms with E-state index < -0.39 is 0 Å². The lowest BCUT2D eigenvalue weighted by Gasteiger charge is -2.56. The lowest BCUT2D eigenvalue weighted by Crippen LogP contribution is -2.50. The van der Waals surface area contributed by atoms with Gasteiger partial charge in [-0.15, -0.1) is 0 Å². The van der Waals surface area contributed by atoms with E-state index >= 15 is 0 Å². The number of fused-ring (bicyclic) bond motifs is 7. The van der Waals surface area contributed by atoms with Crippen LogP contribution in [-0.2, 0) is 0 Å². The number of benzene rings is 7. The predicted molar refractivity (Wildman–Crippen MR) is 237 cm³/mol. The summed E-state index contributed by atoms with van der Waals surface area (Å²) in [5, 5.41) is 10.3. The second-order valence-electron chi connectivity index (χ2n) is 17.9. The van der Waals surface area contributed by atoms with Crippen molar-refractivity contribution < 1.29 is 4.42 Å². The van der Waals surface area contributed by atoms with Crippen molar-refractivity contribution in [3.05, 3.63) is 180 Å². The molecule has 4 saturated carbocycles. The normalized spacial score (nSPS) is 25.9. The Morgan fingerprint density at radius 3 is 1.70 bits per heavy atom. The van der Waals surface area contributed by atoms with Gasteiger partial charge in [-0.05, 0) is 134 Å². The van der Waals surface area contributed by atoms with Crippen LogP contribution in [0, 0.1) is 41.4 Å². The summed E-state index contributed by atoms with van der Waals surface area (Å²) in [6, 6.07) is 51.9. The zero-order chi connectivity index (χ0) is 37.2. The fraction of sp³-hybridized carbons (Fsp3) is 0.214. The van der Waals surface area contributed by atoms with Crippen LogP contribution in [0.3, 0.4) is 0 Å². The molecule has 1 heteroatoms. The van der Waals surface area contributed by atoms with Crippen LogP contribution in [0.25, 0.3) is 76.9 Å². The molecule has 1 nitrogen and oxygen atoms in total. The Labute approximate surface area is 333 Å². The molecular weight excluding hydrogens is 689 g/mol. The van der Waals surface area contributed by atoms with Crippen molar-refractivity contribution in [1.29, 1.82) is 0 Å². The number of rotatable bonds is 4. The monoisotopic (exact) mass is 732 g/mol. The molecule has 4 fully saturated rings. The van der Waals surface area contributed by atoms with Crippen molar-refractivity contribution in [2.75, 3.05) is 0 Å². The minimum Gasteiger partial charge on any atom is -0.455 e. The van der Waals surface area contributed by atoms with Crippen LogP contribution in [0.5, 0.6) is 0 Å². The van der Waals surface area contributed by atoms with Crippen LogP contribution in [0.1, 0.15) is 37.7 Å². The zero-order valence-electron chi connectivity index (χ0n) is 32.1. The van der Waals surface area contributed by atoms with Gasteiger partial charge in [0, 0.05) is 28.2 Å². The van der Waals surface area contributed by atoms with Gasteiger partial charge in [0.2, 0.25) is 0 Å². The molecule has 0 saturated heterocycles. The standard InChI is InChI=1S/C56H44O/c1-2-13-35(14-3-1)52-40-15-4-6-17-42(40)53(43-18-7-5-16-41(43)52)36-25-26-39-48-23-12-24-49(56(48)57-50(39)32-36)54-44-19-8-10-21-46(44)55(47-22-11-9-20-45(47)54)51-37-28-33-27-34(30-37)31-38(51)29-33/h1-26,32-34,37-38,44,46,51H,27-31H2. The highest BCUT2D eigenvalue weighted by atomic mass is 16.3. The molecule has 0 aliphatic heterocycles. The van der Waals surface area contributed by atoms with E-state index in [9.17, 15) is 0 Å². The van der Waals surface area contributed by atoms with E-state index in [1.54, 1.807) is 5.57 Å². The maximum atomic E-state index is 7.16. The Morgan fingerprint density at radius 2 is 1.02 bits per heavy atom. The van der Waals surface area contributed by atoms with Crippen LogP contribution in [0.4, 0.5) is 0 Å². The minimum absolute atomic E-state index is 0.285. The molecule has 0 spiro atoms. The van der Waals surface area contributed by atoms with Crippen LogP contribution >= 0.6 is 0 Å². The Morgan fingerprint density at radius 1 is 0.439 bits per heavy atom. The summed E-state index contributed by atoms with van der Waals surface area (Å²) in [4.78, 5) is 0. The van der Waals surface area contributed by atoms with Crippen LogP contribution in [-0.4, -0.2) is 0 Å². The number of allylic oxidation sites excluding steroid dienone is 4. The lowest BCUT2D eigenvalue weighted by atomic mass is 9.48. The topological polar surface area (TPSA) is 13.1 Å². The summed E-state index contributed by atoms with van der Waals surface area (Å²) >= 11 is 0. The maximum Gasteiger partial charge on any atom is 0.142 e. The summed E-state index contributed by atoms with van der Waals surface area (Å²) < 4.78 is 7.16. The third-order valence-corrected chi connectivity index (χ3v) is 15.0. The van der Waals surface area contributed by atoms with E-state index in [4.69, 9.17) is 4.42 Å². The summed E-state index contributed by atoms with van der Waals surface area (Å²) in [5.41, 5.74) is 11.3. The molecule has 4 bridgehead atoms. The van der Waals surface area contributed by atoms with Crippen molar-refractivity contribution in [3.8, 4) is 22.3 Å². The summed E-state index contributed by atoms with van der Waals surface area (Å²) in [5.74, 6) is 5.02. The number of para-hydroxylation sites is 1. The van der Waals surface area contributed by atoms with Gasteiger partial charge >= 0.3 is 0 Å². The van der Waals surface area contributed by atoms with Crippen molar-refractivity contribution in [2.24, 2.45) is 41.4 Å². The first-order chi connectivity index (χ1) is 28.3. The van der Waals surface area contributed by atoms with E-state index in [1.165, 1.54) is 108 Å². The molecule has 1 aromatic heterocycles. The largest absolute Gasteiger partial charge is 0.455 e. The van der Waals surface area contributed by atoms with Gasteiger partial charge in [0.25, 0.3) is 0 Å². The Hall–Kier alpha value is -5.92. The fourth-order valence-electron chi connectivity index (χ4n) is 13.2. The van der Waals surface area contributed by atoms with Gasteiger partial charge in [0.15, 0.2) is 0 Å². The molecule has 2 atom stereocenters. The molecule has 2 unspecified atom stereocenters. The molecule has 0 radical (unpaired) electrons. The van der Waals surface area contributed by atoms with Crippen molar-refractivity contribution in [2.45, 2.75) is 32.1 Å². The highest BCUT2D eigenvalue weighted by Gasteiger charge is 2.51. The van der Waals surface area contributed by atoms with Crippen LogP contribution < -0.4 is 10.4 Å². The van der Waals surface area contributed by atoms with E-state index in [-0.39, 0.29) is 5.92 Å². The molecule has 14 rings (SSSR count). The first-order valence-corrected chi connectivity index (χ1v) is 21.4. The SMILES string of the molecule is C1=CC2C(c3cccc4c3oc3cc(-c5c6ccccc6c(-c6ccccc6)c6ccccc56)ccc34)=c3ccccc3=C(C3C4CC5CC(C4)CC3C5)C2C=C1. The first-order valence-electron chi connectivity index (χ1n) is 21.4. The second kappa shape index (κ2) is 12.3. The van der Waals surface area contributed by atoms with Crippen LogP contribution in [0.2, 0.25) is 0 Å². The zero-order valence-corrected chi connectivity index (χ0v) is 32.1. The molecule has 7 aromatic carbocycles. The average Bonchev–Trinajstić information content (AvgIpc) is 3.63. The van der Waals surface area contributed by atoms with Gasteiger partial charge in [0.1, 0.15) is 11.2 Å². The molecule has 57 heavy (non-hydrogen) atoms. The molecule has 274 valence electrons. The van der Waals surface area contributed by atoms with E-state index in [2.05, 4.69) is 164 Å². The summed E-state index contributed by atoms with van der Waals surface area (Å²) in [7, 11) is 0. The third kappa shape index (κ3) is 4.69. The third-order valence-electron chi connectivity index (χ3n) is 15.0. The smallest absolute Gasteiger partial charge is 0.142 e. The second-order valence-corrected chi connectivity index (χ2v) is 17.9. The van der Waals surface area contributed by atoms with Gasteiger partial charge in [-0.2, -0.15) is 0 Å². The van der Waals surface area contributed by atoms with E-state index in [0.717, 1.165) is 34.8 Å². The summed E-state index contributed by atoms with van der Waals surface area (Å²) in [6.07, 6.45) is 16.9. The molecule has 0 amide bonds. The molecule has 6 aliphatic rings. The highest BCUT2D eigenvalue weighted by Crippen LogP contribution is 2.60. The van der Waals surface area contributed by atoms with Crippen molar-refractivity contribution in [3.63, 3.8) is 0 Å². The fourth-order valence-corrected chi connectivity index (χ4v) is 13.2. The number of hydrogen-bond acceptors (Lipinski definition) is 1. The quantitative estimate of drug-likeness (QED) is 0.164. The molecular formula is C56H44O. The number of hydrogen-bond donors (Lipinski definition) is 0. The van der Waals surface area contributed by atoms with Gasteiger partial charge in [-0.25, -0.2) is 0 Å². The number of furan rings is 1. The van der Waals surface area contributed by atoms with Gasteiger partial charge in [-0.1, -0.05) is 157 Å². The van der Waals surface area contributed by atoms with Gasteiger partial charge in [0.05, 0.1) is 0 Å². The van der Waals surface area contributed by atoms with Crippen molar-refractivity contribution in [1.82, 2.24) is 0 Å². The van der Waals surface area contributed by atoms with Crippen LogP contribution in [0.15, 0.2) is 168 Å². The Kier molecular flexibility index (Phi) is 6.94. The Balaban J connectivity index is 1.03. The van der Waals surface area contributed by atoms with Gasteiger partial charge < -0.3 is 4.42 Å².